The number of carbonyl (C=O) groups is 2. The van der Waals surface area contributed by atoms with Gasteiger partial charge in [-0.25, -0.2) is 4.39 Å². The number of likely N-dealkylation sites (tertiary alicyclic amines) is 1. The van der Waals surface area contributed by atoms with Crippen molar-refractivity contribution in [2.24, 2.45) is 5.41 Å². The van der Waals surface area contributed by atoms with Gasteiger partial charge in [-0.2, -0.15) is 0 Å². The van der Waals surface area contributed by atoms with E-state index in [2.05, 4.69) is 5.32 Å². The van der Waals surface area contributed by atoms with E-state index in [9.17, 15) is 14.0 Å². The number of fused-ring (bicyclic) bond motifs is 1. The Balaban J connectivity index is 1.34. The summed E-state index contributed by atoms with van der Waals surface area (Å²) in [6, 6.07) is 18.3. The van der Waals surface area contributed by atoms with Crippen molar-refractivity contribution in [3.05, 3.63) is 72.0 Å². The van der Waals surface area contributed by atoms with Crippen LogP contribution in [0, 0.1) is 11.2 Å². The van der Waals surface area contributed by atoms with Gasteiger partial charge in [0.2, 0.25) is 5.91 Å². The summed E-state index contributed by atoms with van der Waals surface area (Å²) in [7, 11) is 0. The van der Waals surface area contributed by atoms with E-state index in [1.807, 2.05) is 47.4 Å². The summed E-state index contributed by atoms with van der Waals surface area (Å²) in [4.78, 5) is 26.5. The average Bonchev–Trinajstić information content (AvgIpc) is 3.13. The molecule has 0 radical (unpaired) electrons. The lowest BCUT2D eigenvalue weighted by atomic mass is 9.77. The maximum absolute atomic E-state index is 13.5. The second-order valence-electron chi connectivity index (χ2n) is 8.53. The minimum Gasteiger partial charge on any atom is -0.356 e. The molecule has 3 aromatic carbocycles. The summed E-state index contributed by atoms with van der Waals surface area (Å²) in [5.74, 6) is -0.0882. The van der Waals surface area contributed by atoms with Crippen LogP contribution in [0.5, 0.6) is 0 Å². The lowest BCUT2D eigenvalue weighted by Gasteiger charge is -2.38. The topological polar surface area (TPSA) is 49.4 Å². The summed E-state index contributed by atoms with van der Waals surface area (Å²) in [5.41, 5.74) is 2.49. The van der Waals surface area contributed by atoms with Crippen LogP contribution in [-0.4, -0.2) is 36.3 Å². The first-order chi connectivity index (χ1) is 14.5. The number of hydrogen-bond donors (Lipinski definition) is 1. The van der Waals surface area contributed by atoms with E-state index < -0.39 is 0 Å². The van der Waals surface area contributed by atoms with E-state index in [1.54, 1.807) is 6.07 Å². The largest absolute Gasteiger partial charge is 0.356 e. The highest BCUT2D eigenvalue weighted by Crippen LogP contribution is 2.38. The number of nitrogens with zero attached hydrogens (tertiary/aromatic N) is 1. The summed E-state index contributed by atoms with van der Waals surface area (Å²) in [6.07, 6.45) is 2.31. The molecule has 2 fully saturated rings. The number of halogens is 1. The Bertz CT molecular complexity index is 1150. The average molecular weight is 402 g/mol. The lowest BCUT2D eigenvalue weighted by Crippen LogP contribution is -2.44. The van der Waals surface area contributed by atoms with Crippen molar-refractivity contribution < 1.29 is 14.0 Å². The third-order valence-electron chi connectivity index (χ3n) is 6.55. The Labute approximate surface area is 174 Å². The molecule has 1 spiro atoms. The maximum atomic E-state index is 13.5. The molecule has 2 amide bonds. The Kier molecular flexibility index (Phi) is 4.54. The molecule has 0 aliphatic carbocycles. The fourth-order valence-corrected chi connectivity index (χ4v) is 4.70. The van der Waals surface area contributed by atoms with Crippen molar-refractivity contribution in [1.82, 2.24) is 10.2 Å². The predicted molar refractivity (Wildman–Crippen MR) is 115 cm³/mol. The molecule has 2 saturated heterocycles. The minimum atomic E-state index is -0.255. The number of rotatable bonds is 2. The van der Waals surface area contributed by atoms with Gasteiger partial charge in [0.25, 0.3) is 5.91 Å². The van der Waals surface area contributed by atoms with Crippen LogP contribution in [-0.2, 0) is 4.79 Å². The highest BCUT2D eigenvalue weighted by atomic mass is 19.1. The van der Waals surface area contributed by atoms with Crippen LogP contribution < -0.4 is 5.32 Å². The Morgan fingerprint density at radius 1 is 0.933 bits per heavy atom. The van der Waals surface area contributed by atoms with Crippen LogP contribution in [0.4, 0.5) is 4.39 Å². The van der Waals surface area contributed by atoms with Gasteiger partial charge in [0.15, 0.2) is 0 Å². The van der Waals surface area contributed by atoms with E-state index in [4.69, 9.17) is 0 Å². The van der Waals surface area contributed by atoms with Crippen LogP contribution >= 0.6 is 0 Å². The summed E-state index contributed by atoms with van der Waals surface area (Å²) >= 11 is 0. The van der Waals surface area contributed by atoms with Crippen molar-refractivity contribution in [1.29, 1.82) is 0 Å². The fraction of sp³-hybridized carbons (Fsp3) is 0.280. The molecule has 30 heavy (non-hydrogen) atoms. The van der Waals surface area contributed by atoms with Gasteiger partial charge in [-0.1, -0.05) is 30.3 Å². The van der Waals surface area contributed by atoms with Gasteiger partial charge in [-0.05, 0) is 70.5 Å². The molecule has 152 valence electrons. The number of nitrogens with one attached hydrogen (secondary N) is 1. The molecule has 0 aromatic heterocycles. The van der Waals surface area contributed by atoms with E-state index in [0.29, 0.717) is 25.1 Å². The van der Waals surface area contributed by atoms with Crippen molar-refractivity contribution >= 4 is 22.6 Å². The zero-order chi connectivity index (χ0) is 20.7. The van der Waals surface area contributed by atoms with Gasteiger partial charge in [-0.15, -0.1) is 0 Å². The molecule has 2 aliphatic heterocycles. The van der Waals surface area contributed by atoms with Crippen molar-refractivity contribution in [2.75, 3.05) is 19.6 Å². The van der Waals surface area contributed by atoms with Gasteiger partial charge < -0.3 is 10.2 Å². The maximum Gasteiger partial charge on any atom is 0.253 e. The van der Waals surface area contributed by atoms with Crippen molar-refractivity contribution in [3.63, 3.8) is 0 Å². The Hall–Kier alpha value is -3.21. The third kappa shape index (κ3) is 3.45. The SMILES string of the molecule is O=C1CC2(CCN(C(=O)c3ccc4cc(-c5cccc(F)c5)ccc4c3)CC2)CN1. The van der Waals surface area contributed by atoms with E-state index in [0.717, 1.165) is 41.3 Å². The van der Waals surface area contributed by atoms with Gasteiger partial charge in [0.05, 0.1) is 0 Å². The van der Waals surface area contributed by atoms with Gasteiger partial charge in [-0.3, -0.25) is 9.59 Å². The molecule has 0 bridgehead atoms. The molecule has 0 atom stereocenters. The first kappa shape index (κ1) is 18.8. The molecule has 5 rings (SSSR count). The summed E-state index contributed by atoms with van der Waals surface area (Å²) < 4.78 is 13.5. The van der Waals surface area contributed by atoms with Crippen LogP contribution in [0.1, 0.15) is 29.6 Å². The summed E-state index contributed by atoms with van der Waals surface area (Å²) in [6.45, 7) is 2.10. The Morgan fingerprint density at radius 3 is 2.40 bits per heavy atom. The summed E-state index contributed by atoms with van der Waals surface area (Å²) in [5, 5.41) is 4.93. The van der Waals surface area contributed by atoms with Crippen LogP contribution in [0.3, 0.4) is 0 Å². The van der Waals surface area contributed by atoms with Crippen molar-refractivity contribution in [2.45, 2.75) is 19.3 Å². The molecule has 4 nitrogen and oxygen atoms in total. The zero-order valence-corrected chi connectivity index (χ0v) is 16.7. The molecular weight excluding hydrogens is 379 g/mol. The fourth-order valence-electron chi connectivity index (χ4n) is 4.70. The lowest BCUT2D eigenvalue weighted by molar-refractivity contribution is -0.119. The molecule has 2 heterocycles. The molecule has 0 unspecified atom stereocenters. The quantitative estimate of drug-likeness (QED) is 0.691. The number of amides is 2. The first-order valence-electron chi connectivity index (χ1n) is 10.4. The van der Waals surface area contributed by atoms with Gasteiger partial charge in [0.1, 0.15) is 5.82 Å². The highest BCUT2D eigenvalue weighted by molar-refractivity contribution is 5.99. The molecule has 1 N–H and O–H groups in total. The highest BCUT2D eigenvalue weighted by Gasteiger charge is 2.41. The zero-order valence-electron chi connectivity index (χ0n) is 16.7. The standard InChI is InChI=1S/C25H23FN2O2/c26-22-3-1-2-17(14-22)18-4-5-20-13-21(7-6-19(20)12-18)24(30)28-10-8-25(9-11-28)15-23(29)27-16-25/h1-7,12-14H,8-11,15-16H2,(H,27,29). The number of piperidine rings is 1. The van der Waals surface area contributed by atoms with Crippen LogP contribution in [0.15, 0.2) is 60.7 Å². The monoisotopic (exact) mass is 402 g/mol. The molecule has 5 heteroatoms. The number of hydrogen-bond acceptors (Lipinski definition) is 2. The van der Waals surface area contributed by atoms with Crippen LogP contribution in [0.25, 0.3) is 21.9 Å². The molecule has 3 aromatic rings. The minimum absolute atomic E-state index is 0.0323. The van der Waals surface area contributed by atoms with Crippen LogP contribution in [0.2, 0.25) is 0 Å². The normalized spacial score (nSPS) is 18.0. The first-order valence-corrected chi connectivity index (χ1v) is 10.4. The molecular formula is C25H23FN2O2. The number of carbonyl (C=O) groups excluding carboxylic acids is 2. The van der Waals surface area contributed by atoms with Gasteiger partial charge in [0, 0.05) is 31.6 Å². The smallest absolute Gasteiger partial charge is 0.253 e. The number of benzene rings is 3. The second-order valence-corrected chi connectivity index (χ2v) is 8.53. The Morgan fingerprint density at radius 2 is 1.67 bits per heavy atom. The van der Waals surface area contributed by atoms with E-state index >= 15 is 0 Å². The van der Waals surface area contributed by atoms with E-state index in [1.165, 1.54) is 12.1 Å². The predicted octanol–water partition coefficient (Wildman–Crippen LogP) is 4.39. The molecule has 0 saturated carbocycles. The van der Waals surface area contributed by atoms with Crippen molar-refractivity contribution in [3.8, 4) is 11.1 Å². The third-order valence-corrected chi connectivity index (χ3v) is 6.55. The van der Waals surface area contributed by atoms with E-state index in [-0.39, 0.29) is 23.0 Å². The molecule has 2 aliphatic rings. The second kappa shape index (κ2) is 7.24. The van der Waals surface area contributed by atoms with Gasteiger partial charge >= 0.3 is 0 Å².